The fourth-order valence-electron chi connectivity index (χ4n) is 2.01. The number of rotatable bonds is 4. The van der Waals surface area contributed by atoms with Crippen LogP contribution in [0.3, 0.4) is 0 Å². The van der Waals surface area contributed by atoms with Crippen molar-refractivity contribution in [2.24, 2.45) is 0 Å². The molecule has 4 heteroatoms. The van der Waals surface area contributed by atoms with E-state index in [1.807, 2.05) is 37.3 Å². The molecule has 0 saturated heterocycles. The van der Waals surface area contributed by atoms with E-state index in [1.54, 1.807) is 0 Å². The van der Waals surface area contributed by atoms with E-state index >= 15 is 0 Å². The molecule has 0 bridgehead atoms. The number of nitrogens with one attached hydrogen (secondary N) is 1. The van der Waals surface area contributed by atoms with E-state index in [9.17, 15) is 4.79 Å². The molecular weight excluding hydrogens is 353 g/mol. The molecule has 0 aliphatic rings. The number of halogens is 1. The molecule has 1 N–H and O–H groups in total. The van der Waals surface area contributed by atoms with Crippen molar-refractivity contribution in [3.63, 3.8) is 0 Å². The van der Waals surface area contributed by atoms with Gasteiger partial charge in [0.2, 0.25) is 0 Å². The third-order valence-electron chi connectivity index (χ3n) is 3.10. The van der Waals surface area contributed by atoms with Gasteiger partial charge in [-0.05, 0) is 52.6 Å². The van der Waals surface area contributed by atoms with Gasteiger partial charge in [0.25, 0.3) is 0 Å². The summed E-state index contributed by atoms with van der Waals surface area (Å²) in [5.41, 5.74) is 3.74. The van der Waals surface area contributed by atoms with E-state index < -0.39 is 0 Å². The van der Waals surface area contributed by atoms with Gasteiger partial charge in [0.05, 0.1) is 3.70 Å². The minimum atomic E-state index is -0.293. The molecule has 0 unspecified atom stereocenters. The van der Waals surface area contributed by atoms with Gasteiger partial charge in [-0.2, -0.15) is 0 Å². The van der Waals surface area contributed by atoms with Crippen molar-refractivity contribution in [3.8, 4) is 0 Å². The summed E-state index contributed by atoms with van der Waals surface area (Å²) in [5, 5.41) is 0. The third kappa shape index (κ3) is 3.18. The van der Waals surface area contributed by atoms with Crippen LogP contribution in [0.5, 0.6) is 0 Å². The van der Waals surface area contributed by atoms with Crippen LogP contribution in [0.2, 0.25) is 0 Å². The summed E-state index contributed by atoms with van der Waals surface area (Å²) in [6, 6.07) is 9.69. The first kappa shape index (κ1) is 14.1. The highest BCUT2D eigenvalue weighted by atomic mass is 127. The number of hydrogen-bond acceptors (Lipinski definition) is 2. The SMILES string of the molecule is CCc1c(I)[nH]c(C(=O)OCc2ccccc2)c1C. The van der Waals surface area contributed by atoms with Crippen LogP contribution < -0.4 is 0 Å². The monoisotopic (exact) mass is 369 g/mol. The van der Waals surface area contributed by atoms with Crippen molar-refractivity contribution >= 4 is 28.6 Å². The van der Waals surface area contributed by atoms with Gasteiger partial charge in [-0.1, -0.05) is 37.3 Å². The Bertz CT molecular complexity index is 575. The Balaban J connectivity index is 2.08. The van der Waals surface area contributed by atoms with E-state index in [4.69, 9.17) is 4.74 Å². The molecule has 0 amide bonds. The first-order valence-electron chi connectivity index (χ1n) is 6.21. The Hall–Kier alpha value is -1.30. The Morgan fingerprint density at radius 1 is 1.32 bits per heavy atom. The molecule has 3 nitrogen and oxygen atoms in total. The van der Waals surface area contributed by atoms with Crippen LogP contribution in [0.25, 0.3) is 0 Å². The minimum absolute atomic E-state index is 0.293. The van der Waals surface area contributed by atoms with Gasteiger partial charge in [-0.15, -0.1) is 0 Å². The molecule has 0 fully saturated rings. The molecule has 1 aromatic carbocycles. The molecule has 0 saturated carbocycles. The maximum atomic E-state index is 12.1. The first-order chi connectivity index (χ1) is 9.13. The van der Waals surface area contributed by atoms with Gasteiger partial charge in [0.15, 0.2) is 0 Å². The summed E-state index contributed by atoms with van der Waals surface area (Å²) in [6.45, 7) is 4.34. The molecule has 0 aliphatic heterocycles. The molecule has 1 heterocycles. The lowest BCUT2D eigenvalue weighted by atomic mass is 10.1. The topological polar surface area (TPSA) is 42.1 Å². The molecule has 19 heavy (non-hydrogen) atoms. The molecule has 0 aliphatic carbocycles. The summed E-state index contributed by atoms with van der Waals surface area (Å²) in [6.07, 6.45) is 0.909. The predicted molar refractivity (Wildman–Crippen MR) is 83.2 cm³/mol. The normalized spacial score (nSPS) is 10.5. The number of carbonyl (C=O) groups excluding carboxylic acids is 1. The fourth-order valence-corrected chi connectivity index (χ4v) is 3.07. The van der Waals surface area contributed by atoms with Gasteiger partial charge < -0.3 is 9.72 Å². The minimum Gasteiger partial charge on any atom is -0.456 e. The fraction of sp³-hybridized carbons (Fsp3) is 0.267. The summed E-state index contributed by atoms with van der Waals surface area (Å²) >= 11 is 2.22. The molecule has 2 rings (SSSR count). The molecule has 0 atom stereocenters. The number of hydrogen-bond donors (Lipinski definition) is 1. The standard InChI is InChI=1S/C15H16INO2/c1-3-12-10(2)13(17-14(12)16)15(18)19-9-11-7-5-4-6-8-11/h4-8,17H,3,9H2,1-2H3. The van der Waals surface area contributed by atoms with E-state index in [2.05, 4.69) is 34.5 Å². The van der Waals surface area contributed by atoms with Crippen molar-refractivity contribution in [2.75, 3.05) is 0 Å². The zero-order valence-corrected chi connectivity index (χ0v) is 13.2. The highest BCUT2D eigenvalue weighted by Crippen LogP contribution is 2.21. The third-order valence-corrected chi connectivity index (χ3v) is 4.02. The number of aromatic amines is 1. The van der Waals surface area contributed by atoms with Crippen molar-refractivity contribution in [2.45, 2.75) is 26.9 Å². The van der Waals surface area contributed by atoms with Crippen LogP contribution in [0.15, 0.2) is 30.3 Å². The van der Waals surface area contributed by atoms with Crippen molar-refractivity contribution in [1.29, 1.82) is 0 Å². The molecule has 2 aromatic rings. The zero-order valence-electron chi connectivity index (χ0n) is 11.0. The lowest BCUT2D eigenvalue weighted by Gasteiger charge is -2.04. The van der Waals surface area contributed by atoms with E-state index in [0.29, 0.717) is 12.3 Å². The van der Waals surface area contributed by atoms with Gasteiger partial charge in [0.1, 0.15) is 12.3 Å². The van der Waals surface area contributed by atoms with Crippen LogP contribution in [0.4, 0.5) is 0 Å². The van der Waals surface area contributed by atoms with Crippen molar-refractivity contribution in [1.82, 2.24) is 4.98 Å². The van der Waals surface area contributed by atoms with Gasteiger partial charge in [0, 0.05) is 0 Å². The van der Waals surface area contributed by atoms with Gasteiger partial charge in [-0.25, -0.2) is 4.79 Å². The Kier molecular flexibility index (Phi) is 4.63. The van der Waals surface area contributed by atoms with Crippen LogP contribution in [-0.4, -0.2) is 11.0 Å². The smallest absolute Gasteiger partial charge is 0.355 e. The second kappa shape index (κ2) is 6.23. The Morgan fingerprint density at radius 3 is 2.58 bits per heavy atom. The van der Waals surface area contributed by atoms with Crippen LogP contribution in [0.1, 0.15) is 34.1 Å². The number of esters is 1. The van der Waals surface area contributed by atoms with Crippen LogP contribution >= 0.6 is 22.6 Å². The number of ether oxygens (including phenoxy) is 1. The Morgan fingerprint density at radius 2 is 2.00 bits per heavy atom. The largest absolute Gasteiger partial charge is 0.456 e. The molecule has 100 valence electrons. The van der Waals surface area contributed by atoms with Gasteiger partial charge in [-0.3, -0.25) is 0 Å². The summed E-state index contributed by atoms with van der Waals surface area (Å²) < 4.78 is 6.35. The number of carbonyl (C=O) groups is 1. The highest BCUT2D eigenvalue weighted by molar-refractivity contribution is 14.1. The average Bonchev–Trinajstić information content (AvgIpc) is 2.72. The predicted octanol–water partition coefficient (Wildman–Crippen LogP) is 3.85. The first-order valence-corrected chi connectivity index (χ1v) is 7.29. The van der Waals surface area contributed by atoms with Crippen molar-refractivity contribution in [3.05, 3.63) is 56.4 Å². The van der Waals surface area contributed by atoms with E-state index in [0.717, 1.165) is 21.2 Å². The maximum absolute atomic E-state index is 12.1. The maximum Gasteiger partial charge on any atom is 0.355 e. The average molecular weight is 369 g/mol. The van der Waals surface area contributed by atoms with Crippen LogP contribution in [-0.2, 0) is 17.8 Å². The lowest BCUT2D eigenvalue weighted by molar-refractivity contribution is 0.0465. The summed E-state index contributed by atoms with van der Waals surface area (Å²) in [7, 11) is 0. The van der Waals surface area contributed by atoms with Crippen LogP contribution in [0, 0.1) is 10.6 Å². The number of aromatic nitrogens is 1. The van der Waals surface area contributed by atoms with E-state index in [1.165, 1.54) is 5.56 Å². The van der Waals surface area contributed by atoms with Crippen molar-refractivity contribution < 1.29 is 9.53 Å². The highest BCUT2D eigenvalue weighted by Gasteiger charge is 2.18. The number of benzene rings is 1. The van der Waals surface area contributed by atoms with E-state index in [-0.39, 0.29) is 5.97 Å². The molecule has 0 radical (unpaired) electrons. The quantitative estimate of drug-likeness (QED) is 0.657. The second-order valence-electron chi connectivity index (χ2n) is 4.33. The summed E-state index contributed by atoms with van der Waals surface area (Å²) in [4.78, 5) is 15.2. The zero-order chi connectivity index (χ0) is 13.8. The summed E-state index contributed by atoms with van der Waals surface area (Å²) in [5.74, 6) is -0.293. The number of H-pyrrole nitrogens is 1. The van der Waals surface area contributed by atoms with Gasteiger partial charge >= 0.3 is 5.97 Å². The molecule has 1 aromatic heterocycles. The molecule has 0 spiro atoms. The Labute approximate surface area is 126 Å². The molecular formula is C15H16INO2. The lowest BCUT2D eigenvalue weighted by Crippen LogP contribution is -2.07. The second-order valence-corrected chi connectivity index (χ2v) is 5.41.